The quantitative estimate of drug-likeness (QED) is 0.722. The summed E-state index contributed by atoms with van der Waals surface area (Å²) in [7, 11) is 0. The fraction of sp³-hybridized carbons (Fsp3) is 0.0714. The summed E-state index contributed by atoms with van der Waals surface area (Å²) in [5.41, 5.74) is 1.86. The molecule has 0 saturated carbocycles. The fourth-order valence-corrected chi connectivity index (χ4v) is 1.70. The highest BCUT2D eigenvalue weighted by atomic mass is 35.5. The molecule has 0 aliphatic heterocycles. The molecule has 0 spiro atoms. The van der Waals surface area contributed by atoms with Crippen LogP contribution in [0.25, 0.3) is 6.08 Å². The molecule has 17 heavy (non-hydrogen) atoms. The lowest BCUT2D eigenvalue weighted by atomic mass is 10.2. The Kier molecular flexibility index (Phi) is 3.78. The number of allylic oxidation sites excluding steroid dienone is 1. The van der Waals surface area contributed by atoms with Crippen LogP contribution in [-0.4, -0.2) is 6.21 Å². The van der Waals surface area contributed by atoms with E-state index in [1.54, 1.807) is 12.5 Å². The lowest BCUT2D eigenvalue weighted by Crippen LogP contribution is -1.76. The zero-order valence-corrected chi connectivity index (χ0v) is 10.2. The van der Waals surface area contributed by atoms with Gasteiger partial charge >= 0.3 is 0 Å². The van der Waals surface area contributed by atoms with Crippen molar-refractivity contribution in [2.24, 2.45) is 4.99 Å². The highest BCUT2D eigenvalue weighted by molar-refractivity contribution is 6.33. The average molecular weight is 246 g/mol. The van der Waals surface area contributed by atoms with Gasteiger partial charge in [-0.05, 0) is 42.8 Å². The third-order valence-corrected chi connectivity index (χ3v) is 2.59. The normalized spacial score (nSPS) is 11.6. The number of nitrogens with zero attached hydrogens (tertiary/aromatic N) is 1. The number of aryl methyl sites for hydroxylation is 1. The Morgan fingerprint density at radius 1 is 1.24 bits per heavy atom. The topological polar surface area (TPSA) is 25.5 Å². The lowest BCUT2D eigenvalue weighted by molar-refractivity contribution is 0.557. The van der Waals surface area contributed by atoms with Gasteiger partial charge in [0, 0.05) is 6.21 Å². The second kappa shape index (κ2) is 5.51. The number of benzene rings is 1. The molecule has 1 aromatic heterocycles. The van der Waals surface area contributed by atoms with Gasteiger partial charge in [0.15, 0.2) is 0 Å². The Hall–Kier alpha value is -1.80. The maximum atomic E-state index is 6.05. The first-order chi connectivity index (χ1) is 8.27. The lowest BCUT2D eigenvalue weighted by Gasteiger charge is -2.00. The number of furan rings is 1. The van der Waals surface area contributed by atoms with Crippen LogP contribution in [0.3, 0.4) is 0 Å². The second-order valence-corrected chi connectivity index (χ2v) is 3.97. The van der Waals surface area contributed by atoms with Crippen LogP contribution >= 0.6 is 11.6 Å². The fourth-order valence-electron chi connectivity index (χ4n) is 1.43. The summed E-state index contributed by atoms with van der Waals surface area (Å²) in [6.45, 7) is 1.98. The third-order valence-electron chi connectivity index (χ3n) is 2.28. The molecule has 3 heteroatoms. The summed E-state index contributed by atoms with van der Waals surface area (Å²) in [5, 5.41) is 0.660. The molecule has 0 N–H and O–H groups in total. The third kappa shape index (κ3) is 3.08. The van der Waals surface area contributed by atoms with E-state index in [1.165, 1.54) is 0 Å². The van der Waals surface area contributed by atoms with Gasteiger partial charge in [0.05, 0.1) is 17.0 Å². The largest absolute Gasteiger partial charge is 0.465 e. The maximum Gasteiger partial charge on any atom is 0.126 e. The molecule has 86 valence electrons. The zero-order chi connectivity index (χ0) is 12.1. The molecule has 1 aromatic carbocycles. The van der Waals surface area contributed by atoms with Gasteiger partial charge in [0.2, 0.25) is 0 Å². The van der Waals surface area contributed by atoms with E-state index in [0.717, 1.165) is 17.0 Å². The minimum atomic E-state index is 0.660. The summed E-state index contributed by atoms with van der Waals surface area (Å²) in [4.78, 5) is 4.32. The van der Waals surface area contributed by atoms with Crippen molar-refractivity contribution in [1.82, 2.24) is 0 Å². The van der Waals surface area contributed by atoms with Crippen molar-refractivity contribution < 1.29 is 4.42 Å². The Balaban J connectivity index is 2.11. The van der Waals surface area contributed by atoms with Gasteiger partial charge in [0.1, 0.15) is 5.76 Å². The molecular formula is C14H12ClNO. The highest BCUT2D eigenvalue weighted by Gasteiger charge is 1.99. The summed E-state index contributed by atoms with van der Waals surface area (Å²) in [6, 6.07) is 9.45. The predicted octanol–water partition coefficient (Wildman–Crippen LogP) is 4.66. The average Bonchev–Trinajstić information content (AvgIpc) is 2.80. The molecule has 0 radical (unpaired) electrons. The Labute approximate surface area is 105 Å². The van der Waals surface area contributed by atoms with Crippen LogP contribution in [0, 0.1) is 6.92 Å². The van der Waals surface area contributed by atoms with E-state index in [4.69, 9.17) is 16.0 Å². The predicted molar refractivity (Wildman–Crippen MR) is 72.1 cm³/mol. The van der Waals surface area contributed by atoms with E-state index in [-0.39, 0.29) is 0 Å². The Morgan fingerprint density at radius 3 is 2.82 bits per heavy atom. The number of halogens is 1. The van der Waals surface area contributed by atoms with Crippen LogP contribution in [0.2, 0.25) is 5.02 Å². The molecule has 2 rings (SSSR count). The number of rotatable bonds is 3. The summed E-state index contributed by atoms with van der Waals surface area (Å²) in [6.07, 6.45) is 7.00. The standard InChI is InChI=1S/C14H12ClNO/c1-11-5-2-8-13(15)14(11)16-9-3-6-12-7-4-10-17-12/h2-10H,1H3/b6-3+,16-9?. The number of aliphatic imine (C=N–C) groups is 1. The number of para-hydroxylation sites is 1. The monoisotopic (exact) mass is 245 g/mol. The highest BCUT2D eigenvalue weighted by Crippen LogP contribution is 2.27. The molecule has 0 atom stereocenters. The molecule has 0 aliphatic rings. The van der Waals surface area contributed by atoms with Gasteiger partial charge in [-0.3, -0.25) is 4.99 Å². The SMILES string of the molecule is Cc1cccc(Cl)c1N=C/C=C/c1ccco1. The molecule has 1 heterocycles. The van der Waals surface area contributed by atoms with Crippen LogP contribution in [0.5, 0.6) is 0 Å². The molecular weight excluding hydrogens is 234 g/mol. The molecule has 0 saturated heterocycles. The first kappa shape index (κ1) is 11.7. The van der Waals surface area contributed by atoms with Crippen LogP contribution in [0.4, 0.5) is 5.69 Å². The van der Waals surface area contributed by atoms with Crippen molar-refractivity contribution in [2.45, 2.75) is 6.92 Å². The summed E-state index contributed by atoms with van der Waals surface area (Å²) in [5.74, 6) is 0.798. The molecule has 0 amide bonds. The van der Waals surface area contributed by atoms with Crippen molar-refractivity contribution in [3.05, 3.63) is 59.0 Å². The van der Waals surface area contributed by atoms with Gasteiger partial charge in [0.25, 0.3) is 0 Å². The van der Waals surface area contributed by atoms with E-state index in [0.29, 0.717) is 5.02 Å². The van der Waals surface area contributed by atoms with Crippen molar-refractivity contribution >= 4 is 29.6 Å². The maximum absolute atomic E-state index is 6.05. The molecule has 0 bridgehead atoms. The van der Waals surface area contributed by atoms with Crippen LogP contribution in [0.1, 0.15) is 11.3 Å². The minimum absolute atomic E-state index is 0.660. The van der Waals surface area contributed by atoms with Crippen molar-refractivity contribution in [2.75, 3.05) is 0 Å². The smallest absolute Gasteiger partial charge is 0.126 e. The van der Waals surface area contributed by atoms with Crippen molar-refractivity contribution in [1.29, 1.82) is 0 Å². The molecule has 0 aliphatic carbocycles. The van der Waals surface area contributed by atoms with E-state index < -0.39 is 0 Å². The second-order valence-electron chi connectivity index (χ2n) is 3.56. The molecule has 2 nitrogen and oxygen atoms in total. The Morgan fingerprint density at radius 2 is 2.12 bits per heavy atom. The molecule has 0 unspecified atom stereocenters. The first-order valence-corrected chi connectivity index (χ1v) is 5.64. The van der Waals surface area contributed by atoms with Gasteiger partial charge in [-0.2, -0.15) is 0 Å². The van der Waals surface area contributed by atoms with Crippen molar-refractivity contribution in [3.63, 3.8) is 0 Å². The van der Waals surface area contributed by atoms with Gasteiger partial charge in [-0.25, -0.2) is 0 Å². The van der Waals surface area contributed by atoms with Crippen LogP contribution in [-0.2, 0) is 0 Å². The van der Waals surface area contributed by atoms with Gasteiger partial charge in [-0.1, -0.05) is 23.7 Å². The zero-order valence-electron chi connectivity index (χ0n) is 9.43. The number of hydrogen-bond donors (Lipinski definition) is 0. The van der Waals surface area contributed by atoms with E-state index >= 15 is 0 Å². The van der Waals surface area contributed by atoms with Crippen LogP contribution < -0.4 is 0 Å². The van der Waals surface area contributed by atoms with E-state index in [2.05, 4.69) is 4.99 Å². The van der Waals surface area contributed by atoms with Crippen LogP contribution in [0.15, 0.2) is 52.1 Å². The van der Waals surface area contributed by atoms with Crippen molar-refractivity contribution in [3.8, 4) is 0 Å². The van der Waals surface area contributed by atoms with E-state index in [9.17, 15) is 0 Å². The van der Waals surface area contributed by atoms with Gasteiger partial charge in [-0.15, -0.1) is 0 Å². The molecule has 0 fully saturated rings. The number of hydrogen-bond acceptors (Lipinski definition) is 2. The molecule has 2 aromatic rings. The minimum Gasteiger partial charge on any atom is -0.465 e. The summed E-state index contributed by atoms with van der Waals surface area (Å²) < 4.78 is 5.16. The summed E-state index contributed by atoms with van der Waals surface area (Å²) >= 11 is 6.05. The Bertz CT molecular complexity index is 521. The van der Waals surface area contributed by atoms with E-state index in [1.807, 2.05) is 49.4 Å². The first-order valence-electron chi connectivity index (χ1n) is 5.27. The van der Waals surface area contributed by atoms with Gasteiger partial charge < -0.3 is 4.42 Å².